The first-order valence-electron chi connectivity index (χ1n) is 8.11. The normalized spacial score (nSPS) is 39.9. The summed E-state index contributed by atoms with van der Waals surface area (Å²) in [6.45, 7) is 6.12. The van der Waals surface area contributed by atoms with E-state index in [0.29, 0.717) is 37.9 Å². The van der Waals surface area contributed by atoms with Crippen molar-refractivity contribution >= 4 is 11.9 Å². The zero-order valence-corrected chi connectivity index (χ0v) is 13.2. The van der Waals surface area contributed by atoms with Gasteiger partial charge in [0.1, 0.15) is 25.4 Å². The molecule has 6 heteroatoms. The van der Waals surface area contributed by atoms with Crippen LogP contribution in [-0.2, 0) is 28.5 Å². The van der Waals surface area contributed by atoms with Gasteiger partial charge in [0.2, 0.25) is 0 Å². The van der Waals surface area contributed by atoms with Crippen molar-refractivity contribution in [3.63, 3.8) is 0 Å². The van der Waals surface area contributed by atoms with Crippen LogP contribution >= 0.6 is 0 Å². The van der Waals surface area contributed by atoms with Crippen molar-refractivity contribution in [2.45, 2.75) is 38.9 Å². The van der Waals surface area contributed by atoms with Gasteiger partial charge in [0.15, 0.2) is 0 Å². The van der Waals surface area contributed by atoms with E-state index < -0.39 is 11.8 Å². The lowest BCUT2D eigenvalue weighted by atomic mass is 9.69. The number of esters is 2. The zero-order chi connectivity index (χ0) is 15.7. The molecule has 3 fully saturated rings. The molecular weight excluding hydrogens is 288 g/mol. The van der Waals surface area contributed by atoms with E-state index in [-0.39, 0.29) is 37.4 Å². The summed E-state index contributed by atoms with van der Waals surface area (Å²) in [5.74, 6) is -0.607. The molecule has 3 aliphatic rings. The van der Waals surface area contributed by atoms with E-state index in [1.165, 1.54) is 0 Å². The molecule has 0 aromatic heterocycles. The van der Waals surface area contributed by atoms with Crippen LogP contribution in [0.25, 0.3) is 0 Å². The molecular formula is C16H24O6. The van der Waals surface area contributed by atoms with E-state index in [1.54, 1.807) is 0 Å². The molecule has 0 radical (unpaired) electrons. The van der Waals surface area contributed by atoms with Gasteiger partial charge in [0.05, 0.1) is 25.0 Å². The number of ether oxygens (including phenoxy) is 4. The number of epoxide rings is 2. The second kappa shape index (κ2) is 6.54. The highest BCUT2D eigenvalue weighted by molar-refractivity contribution is 5.82. The Hall–Kier alpha value is -1.14. The Balaban J connectivity index is 1.58. The number of hydrogen-bond acceptors (Lipinski definition) is 6. The van der Waals surface area contributed by atoms with Crippen LogP contribution in [0.4, 0.5) is 0 Å². The Labute approximate surface area is 130 Å². The number of carbonyl (C=O) groups is 2. The van der Waals surface area contributed by atoms with Crippen LogP contribution in [0.2, 0.25) is 0 Å². The summed E-state index contributed by atoms with van der Waals surface area (Å²) in [5, 5.41) is 0. The standard InChI is InChI=1S/C16H24O6/c1-9-3-13(15(17)21-7-11-5-19-11)14(4-10(9)2)16(18)22-8-12-6-20-12/h9-14H,3-8H2,1-2H3. The van der Waals surface area contributed by atoms with Gasteiger partial charge in [-0.1, -0.05) is 13.8 Å². The Morgan fingerprint density at radius 2 is 1.23 bits per heavy atom. The Bertz CT molecular complexity index is 388. The van der Waals surface area contributed by atoms with Gasteiger partial charge in [-0.15, -0.1) is 0 Å². The van der Waals surface area contributed by atoms with E-state index >= 15 is 0 Å². The van der Waals surface area contributed by atoms with E-state index in [2.05, 4.69) is 13.8 Å². The second-order valence-electron chi connectivity index (χ2n) is 6.81. The van der Waals surface area contributed by atoms with Crippen molar-refractivity contribution in [2.75, 3.05) is 26.4 Å². The summed E-state index contributed by atoms with van der Waals surface area (Å²) in [5.41, 5.74) is 0. The maximum atomic E-state index is 12.3. The molecule has 1 saturated carbocycles. The molecule has 2 aliphatic heterocycles. The third-order valence-corrected chi connectivity index (χ3v) is 4.94. The minimum atomic E-state index is -0.405. The summed E-state index contributed by atoms with van der Waals surface area (Å²) in [4.78, 5) is 24.7. The molecule has 3 rings (SSSR count). The Kier molecular flexibility index (Phi) is 4.68. The highest BCUT2D eigenvalue weighted by atomic mass is 16.6. The minimum absolute atomic E-state index is 0.0429. The van der Waals surface area contributed by atoms with E-state index in [0.717, 1.165) is 0 Å². The predicted octanol–water partition coefficient (Wildman–Crippen LogP) is 1.17. The molecule has 2 saturated heterocycles. The molecule has 0 aromatic rings. The van der Waals surface area contributed by atoms with Crippen LogP contribution < -0.4 is 0 Å². The minimum Gasteiger partial charge on any atom is -0.463 e. The quantitative estimate of drug-likeness (QED) is 0.541. The molecule has 2 heterocycles. The monoisotopic (exact) mass is 312 g/mol. The first kappa shape index (κ1) is 15.7. The van der Waals surface area contributed by atoms with E-state index in [1.807, 2.05) is 0 Å². The van der Waals surface area contributed by atoms with Crippen LogP contribution in [0.1, 0.15) is 26.7 Å². The first-order valence-corrected chi connectivity index (χ1v) is 8.11. The molecule has 1 aliphatic carbocycles. The smallest absolute Gasteiger partial charge is 0.309 e. The van der Waals surface area contributed by atoms with Gasteiger partial charge in [-0.2, -0.15) is 0 Å². The summed E-state index contributed by atoms with van der Waals surface area (Å²) in [6.07, 6.45) is 1.43. The van der Waals surface area contributed by atoms with E-state index in [9.17, 15) is 9.59 Å². The molecule has 0 amide bonds. The molecule has 0 aromatic carbocycles. The average Bonchev–Trinajstić information content (AvgIpc) is 3.38. The van der Waals surface area contributed by atoms with Gasteiger partial charge >= 0.3 is 11.9 Å². The first-order chi connectivity index (χ1) is 10.5. The molecule has 6 nitrogen and oxygen atoms in total. The highest BCUT2D eigenvalue weighted by Crippen LogP contribution is 2.39. The van der Waals surface area contributed by atoms with Crippen molar-refractivity contribution in [3.8, 4) is 0 Å². The van der Waals surface area contributed by atoms with Crippen LogP contribution in [0.15, 0.2) is 0 Å². The van der Waals surface area contributed by atoms with Crippen molar-refractivity contribution in [1.29, 1.82) is 0 Å². The molecule has 6 atom stereocenters. The number of hydrogen-bond donors (Lipinski definition) is 0. The lowest BCUT2D eigenvalue weighted by Crippen LogP contribution is -2.40. The lowest BCUT2D eigenvalue weighted by Gasteiger charge is -2.36. The van der Waals surface area contributed by atoms with Gasteiger partial charge < -0.3 is 18.9 Å². The maximum Gasteiger partial charge on any atom is 0.309 e. The summed E-state index contributed by atoms with van der Waals surface area (Å²) < 4.78 is 20.7. The van der Waals surface area contributed by atoms with Gasteiger partial charge in [0, 0.05) is 0 Å². The molecule has 124 valence electrons. The largest absolute Gasteiger partial charge is 0.463 e. The van der Waals surface area contributed by atoms with E-state index in [4.69, 9.17) is 18.9 Å². The molecule has 6 unspecified atom stereocenters. The average molecular weight is 312 g/mol. The van der Waals surface area contributed by atoms with Gasteiger partial charge in [-0.05, 0) is 24.7 Å². The third-order valence-electron chi connectivity index (χ3n) is 4.94. The third kappa shape index (κ3) is 3.98. The lowest BCUT2D eigenvalue weighted by molar-refractivity contribution is -0.165. The summed E-state index contributed by atoms with van der Waals surface area (Å²) in [6, 6.07) is 0. The van der Waals surface area contributed by atoms with Gasteiger partial charge in [0.25, 0.3) is 0 Å². The highest BCUT2D eigenvalue weighted by Gasteiger charge is 2.43. The number of rotatable bonds is 6. The fourth-order valence-corrected chi connectivity index (χ4v) is 3.01. The molecule has 22 heavy (non-hydrogen) atoms. The SMILES string of the molecule is CC1CC(C(=O)OCC2CO2)C(C(=O)OCC2CO2)CC1C. The van der Waals surface area contributed by atoms with Crippen LogP contribution in [-0.4, -0.2) is 50.6 Å². The predicted molar refractivity (Wildman–Crippen MR) is 75.9 cm³/mol. The van der Waals surface area contributed by atoms with Gasteiger partial charge in [-0.25, -0.2) is 0 Å². The summed E-state index contributed by atoms with van der Waals surface area (Å²) in [7, 11) is 0. The second-order valence-corrected chi connectivity index (χ2v) is 6.81. The Morgan fingerprint density at radius 1 is 0.864 bits per heavy atom. The van der Waals surface area contributed by atoms with Crippen LogP contribution in [0, 0.1) is 23.7 Å². The fourth-order valence-electron chi connectivity index (χ4n) is 3.01. The fraction of sp³-hybridized carbons (Fsp3) is 0.875. The molecule has 0 spiro atoms. The zero-order valence-electron chi connectivity index (χ0n) is 13.2. The van der Waals surface area contributed by atoms with Crippen LogP contribution in [0.3, 0.4) is 0 Å². The van der Waals surface area contributed by atoms with Crippen molar-refractivity contribution in [2.24, 2.45) is 23.7 Å². The Morgan fingerprint density at radius 3 is 1.55 bits per heavy atom. The van der Waals surface area contributed by atoms with Gasteiger partial charge in [-0.3, -0.25) is 9.59 Å². The molecule has 0 N–H and O–H groups in total. The topological polar surface area (TPSA) is 77.7 Å². The number of carbonyl (C=O) groups excluding carboxylic acids is 2. The summed E-state index contributed by atoms with van der Waals surface area (Å²) >= 11 is 0. The van der Waals surface area contributed by atoms with Crippen molar-refractivity contribution in [1.82, 2.24) is 0 Å². The van der Waals surface area contributed by atoms with Crippen molar-refractivity contribution < 1.29 is 28.5 Å². The molecule has 0 bridgehead atoms. The van der Waals surface area contributed by atoms with Crippen LogP contribution in [0.5, 0.6) is 0 Å². The van der Waals surface area contributed by atoms with Crippen molar-refractivity contribution in [3.05, 3.63) is 0 Å². The maximum absolute atomic E-state index is 12.3.